The van der Waals surface area contributed by atoms with Gasteiger partial charge in [0.05, 0.1) is 10.6 Å². The molecule has 0 spiro atoms. The van der Waals surface area contributed by atoms with Crippen molar-refractivity contribution in [3.05, 3.63) is 24.3 Å². The van der Waals surface area contributed by atoms with Gasteiger partial charge < -0.3 is 0 Å². The molecule has 0 radical (unpaired) electrons. The first-order valence-electron chi connectivity index (χ1n) is 4.10. The molecule has 0 saturated heterocycles. The maximum Gasteiger partial charge on any atom is 0.247 e. The van der Waals surface area contributed by atoms with Gasteiger partial charge in [0.2, 0.25) is 6.43 Å². The molecule has 0 aliphatic rings. The van der Waals surface area contributed by atoms with Crippen molar-refractivity contribution in [2.24, 2.45) is 0 Å². The lowest BCUT2D eigenvalue weighted by Crippen LogP contribution is -1.97. The Morgan fingerprint density at radius 1 is 1.27 bits per heavy atom. The van der Waals surface area contributed by atoms with Crippen LogP contribution in [0.25, 0.3) is 0 Å². The molecule has 0 aromatic heterocycles. The topological polar surface area (TPSA) is 34.1 Å². The number of halogens is 2. The molecule has 2 nitrogen and oxygen atoms in total. The van der Waals surface area contributed by atoms with E-state index in [1.54, 1.807) is 0 Å². The highest BCUT2D eigenvalue weighted by atomic mass is 32.2. The predicted octanol–water partition coefficient (Wildman–Crippen LogP) is 2.45. The van der Waals surface area contributed by atoms with Gasteiger partial charge in [-0.05, 0) is 24.3 Å². The largest absolute Gasteiger partial charge is 0.247 e. The summed E-state index contributed by atoms with van der Waals surface area (Å²) in [6, 6.07) is 5.90. The quantitative estimate of drug-likeness (QED) is 0.772. The van der Waals surface area contributed by atoms with Crippen molar-refractivity contribution in [1.29, 1.82) is 0 Å². The zero-order valence-corrected chi connectivity index (χ0v) is 9.62. The molecule has 0 aliphatic heterocycles. The van der Waals surface area contributed by atoms with Crippen molar-refractivity contribution < 1.29 is 17.2 Å². The second-order valence-corrected chi connectivity index (χ2v) is 6.05. The smallest absolute Gasteiger partial charge is 0.224 e. The maximum atomic E-state index is 11.9. The number of thioether (sulfide) groups is 1. The molecule has 0 aliphatic carbocycles. The van der Waals surface area contributed by atoms with Gasteiger partial charge >= 0.3 is 0 Å². The van der Waals surface area contributed by atoms with Crippen LogP contribution in [-0.4, -0.2) is 26.9 Å². The van der Waals surface area contributed by atoms with Gasteiger partial charge in [-0.15, -0.1) is 11.8 Å². The molecular formula is C9H10F2O2S2. The summed E-state index contributed by atoms with van der Waals surface area (Å²) in [7, 11) is -3.21. The molecule has 1 rings (SSSR count). The Morgan fingerprint density at radius 2 is 1.80 bits per heavy atom. The van der Waals surface area contributed by atoms with E-state index in [9.17, 15) is 17.2 Å². The Bertz CT molecular complexity index is 412. The Labute approximate surface area is 91.6 Å². The summed E-state index contributed by atoms with van der Waals surface area (Å²) in [5.41, 5.74) is 0. The van der Waals surface area contributed by atoms with E-state index in [0.717, 1.165) is 18.0 Å². The fraction of sp³-hybridized carbons (Fsp3) is 0.333. The summed E-state index contributed by atoms with van der Waals surface area (Å²) >= 11 is 1.00. The summed E-state index contributed by atoms with van der Waals surface area (Å²) in [6.45, 7) is 0. The van der Waals surface area contributed by atoms with Crippen LogP contribution in [0.15, 0.2) is 34.1 Å². The van der Waals surface area contributed by atoms with Gasteiger partial charge in [0, 0.05) is 11.2 Å². The van der Waals surface area contributed by atoms with Crippen molar-refractivity contribution in [2.45, 2.75) is 16.2 Å². The second-order valence-electron chi connectivity index (χ2n) is 2.95. The summed E-state index contributed by atoms with van der Waals surface area (Å²) < 4.78 is 45.9. The lowest BCUT2D eigenvalue weighted by Gasteiger charge is -2.02. The van der Waals surface area contributed by atoms with Crippen molar-refractivity contribution in [3.63, 3.8) is 0 Å². The number of hydrogen-bond acceptors (Lipinski definition) is 3. The fourth-order valence-electron chi connectivity index (χ4n) is 0.942. The molecule has 0 fully saturated rings. The summed E-state index contributed by atoms with van der Waals surface area (Å²) in [6.07, 6.45) is -1.25. The van der Waals surface area contributed by atoms with Gasteiger partial charge in [-0.3, -0.25) is 0 Å². The molecular weight excluding hydrogens is 242 g/mol. The van der Waals surface area contributed by atoms with Crippen molar-refractivity contribution in [3.8, 4) is 0 Å². The lowest BCUT2D eigenvalue weighted by atomic mass is 10.4. The average Bonchev–Trinajstić information content (AvgIpc) is 2.14. The van der Waals surface area contributed by atoms with E-state index in [1.807, 2.05) is 0 Å². The molecule has 0 heterocycles. The number of alkyl halides is 2. The number of rotatable bonds is 4. The lowest BCUT2D eigenvalue weighted by molar-refractivity contribution is 0.177. The first-order valence-corrected chi connectivity index (χ1v) is 6.98. The van der Waals surface area contributed by atoms with Crippen LogP contribution in [0, 0.1) is 0 Å². The minimum atomic E-state index is -3.21. The highest BCUT2D eigenvalue weighted by molar-refractivity contribution is 7.99. The van der Waals surface area contributed by atoms with Crippen molar-refractivity contribution in [1.82, 2.24) is 0 Å². The first kappa shape index (κ1) is 12.4. The Morgan fingerprint density at radius 3 is 2.20 bits per heavy atom. The number of benzene rings is 1. The zero-order valence-electron chi connectivity index (χ0n) is 7.98. The van der Waals surface area contributed by atoms with E-state index in [-0.39, 0.29) is 10.6 Å². The standard InChI is InChI=1S/C9H10F2O2S2/c1-15(12,13)8-4-2-7(3-5-8)14-6-9(10)11/h2-5,9H,6H2,1H3. The molecule has 0 bridgehead atoms. The molecule has 0 amide bonds. The summed E-state index contributed by atoms with van der Waals surface area (Å²) in [5.74, 6) is -0.280. The van der Waals surface area contributed by atoms with E-state index in [1.165, 1.54) is 24.3 Å². The first-order chi connectivity index (χ1) is 6.89. The highest BCUT2D eigenvalue weighted by Gasteiger charge is 2.07. The van der Waals surface area contributed by atoms with Crippen LogP contribution in [0.5, 0.6) is 0 Å². The zero-order chi connectivity index (χ0) is 11.5. The summed E-state index contributed by atoms with van der Waals surface area (Å²) in [5, 5.41) is 0. The Hall–Kier alpha value is -0.620. The SMILES string of the molecule is CS(=O)(=O)c1ccc(SCC(F)F)cc1. The Kier molecular flexibility index (Phi) is 4.10. The minimum Gasteiger partial charge on any atom is -0.224 e. The maximum absolute atomic E-state index is 11.9. The van der Waals surface area contributed by atoms with E-state index >= 15 is 0 Å². The van der Waals surface area contributed by atoms with Crippen molar-refractivity contribution >= 4 is 21.6 Å². The molecule has 0 saturated carbocycles. The van der Waals surface area contributed by atoms with Gasteiger partial charge in [-0.25, -0.2) is 17.2 Å². The van der Waals surface area contributed by atoms with Crippen LogP contribution >= 0.6 is 11.8 Å². The van der Waals surface area contributed by atoms with E-state index in [4.69, 9.17) is 0 Å². The molecule has 0 unspecified atom stereocenters. The van der Waals surface area contributed by atoms with Crippen LogP contribution in [0.3, 0.4) is 0 Å². The Balaban J connectivity index is 2.73. The second kappa shape index (κ2) is 4.94. The van der Waals surface area contributed by atoms with E-state index in [2.05, 4.69) is 0 Å². The molecule has 0 N–H and O–H groups in total. The predicted molar refractivity (Wildman–Crippen MR) is 56.3 cm³/mol. The van der Waals surface area contributed by atoms with E-state index < -0.39 is 16.3 Å². The third-order valence-electron chi connectivity index (χ3n) is 1.63. The molecule has 1 aromatic carbocycles. The van der Waals surface area contributed by atoms with E-state index in [0.29, 0.717) is 4.90 Å². The monoisotopic (exact) mass is 252 g/mol. The number of hydrogen-bond donors (Lipinski definition) is 0. The van der Waals surface area contributed by atoms with Gasteiger partial charge in [-0.2, -0.15) is 0 Å². The van der Waals surface area contributed by atoms with Gasteiger partial charge in [0.1, 0.15) is 0 Å². The normalized spacial score (nSPS) is 12.0. The average molecular weight is 252 g/mol. The van der Waals surface area contributed by atoms with Gasteiger partial charge in [0.25, 0.3) is 0 Å². The molecule has 84 valence electrons. The van der Waals surface area contributed by atoms with Crippen LogP contribution in [-0.2, 0) is 9.84 Å². The molecule has 15 heavy (non-hydrogen) atoms. The third kappa shape index (κ3) is 4.17. The van der Waals surface area contributed by atoms with Gasteiger partial charge in [0.15, 0.2) is 9.84 Å². The van der Waals surface area contributed by atoms with Crippen LogP contribution in [0.4, 0.5) is 8.78 Å². The van der Waals surface area contributed by atoms with Crippen LogP contribution < -0.4 is 0 Å². The summed E-state index contributed by atoms with van der Waals surface area (Å²) in [4.78, 5) is 0.839. The van der Waals surface area contributed by atoms with Crippen LogP contribution in [0.1, 0.15) is 0 Å². The van der Waals surface area contributed by atoms with Gasteiger partial charge in [-0.1, -0.05) is 0 Å². The minimum absolute atomic E-state index is 0.198. The highest BCUT2D eigenvalue weighted by Crippen LogP contribution is 2.21. The fourth-order valence-corrected chi connectivity index (χ4v) is 2.22. The van der Waals surface area contributed by atoms with Crippen LogP contribution in [0.2, 0.25) is 0 Å². The molecule has 0 atom stereocenters. The molecule has 6 heteroatoms. The third-order valence-corrected chi connectivity index (χ3v) is 3.78. The van der Waals surface area contributed by atoms with Crippen molar-refractivity contribution in [2.75, 3.05) is 12.0 Å². The number of sulfone groups is 1. The molecule has 1 aromatic rings.